The van der Waals surface area contributed by atoms with E-state index in [4.69, 9.17) is 0 Å². The first-order valence-corrected chi connectivity index (χ1v) is 6.97. The van der Waals surface area contributed by atoms with Crippen molar-refractivity contribution >= 4 is 26.9 Å². The molecule has 0 atom stereocenters. The molecule has 0 amide bonds. The summed E-state index contributed by atoms with van der Waals surface area (Å²) in [6.45, 7) is 7.18. The zero-order valence-electron chi connectivity index (χ0n) is 7.44. The molecule has 0 heterocycles. The van der Waals surface area contributed by atoms with Crippen molar-refractivity contribution < 1.29 is 0 Å². The molecule has 0 unspecified atom stereocenters. The SMILES string of the molecule is C[Si](C)(C)C1=CC=CC1.[Li]. The van der Waals surface area contributed by atoms with Crippen LogP contribution in [0.15, 0.2) is 23.4 Å². The van der Waals surface area contributed by atoms with Gasteiger partial charge in [-0.05, 0) is 6.42 Å². The van der Waals surface area contributed by atoms with Gasteiger partial charge in [0.2, 0.25) is 0 Å². The summed E-state index contributed by atoms with van der Waals surface area (Å²) in [7, 11) is -0.926. The van der Waals surface area contributed by atoms with Gasteiger partial charge in [-0.15, -0.1) is 0 Å². The van der Waals surface area contributed by atoms with E-state index in [1.165, 1.54) is 6.42 Å². The second kappa shape index (κ2) is 3.62. The van der Waals surface area contributed by atoms with Crippen LogP contribution in [0, 0.1) is 0 Å². The smallest absolute Gasteiger partial charge is 0.0728 e. The molecule has 10 heavy (non-hydrogen) atoms. The molecule has 0 aromatic rings. The normalized spacial score (nSPS) is 16.5. The minimum absolute atomic E-state index is 0. The molecule has 0 bridgehead atoms. The number of hydrogen-bond acceptors (Lipinski definition) is 0. The van der Waals surface area contributed by atoms with Crippen LogP contribution in [0.1, 0.15) is 6.42 Å². The van der Waals surface area contributed by atoms with Crippen molar-refractivity contribution in [1.29, 1.82) is 0 Å². The Morgan fingerprint density at radius 3 is 2.10 bits per heavy atom. The minimum atomic E-state index is -0.926. The zero-order chi connectivity index (χ0) is 6.91. The maximum absolute atomic E-state index is 2.39. The Morgan fingerprint density at radius 2 is 1.90 bits per heavy atom. The standard InChI is InChI=1S/C8H14Si.Li/c1-9(2,3)8-6-4-5-7-8;/h4-6H,7H2,1-3H3;. The van der Waals surface area contributed by atoms with E-state index in [2.05, 4.69) is 37.9 Å². The number of allylic oxidation sites excluding steroid dienone is 4. The van der Waals surface area contributed by atoms with E-state index in [0.29, 0.717) is 0 Å². The Hall–Kier alpha value is 0.294. The topological polar surface area (TPSA) is 0 Å². The maximum Gasteiger partial charge on any atom is 0.0728 e. The van der Waals surface area contributed by atoms with Crippen LogP contribution in [-0.2, 0) is 0 Å². The van der Waals surface area contributed by atoms with Crippen molar-refractivity contribution in [3.8, 4) is 0 Å². The number of hydrogen-bond donors (Lipinski definition) is 0. The number of rotatable bonds is 1. The molecule has 1 aliphatic carbocycles. The van der Waals surface area contributed by atoms with E-state index in [9.17, 15) is 0 Å². The largest absolute Gasteiger partial charge is 0.0809 e. The molecule has 0 aromatic carbocycles. The van der Waals surface area contributed by atoms with Crippen LogP contribution < -0.4 is 0 Å². The summed E-state index contributed by atoms with van der Waals surface area (Å²) in [6, 6.07) is 0. The van der Waals surface area contributed by atoms with Crippen LogP contribution in [0.25, 0.3) is 0 Å². The fraction of sp³-hybridized carbons (Fsp3) is 0.500. The first-order valence-electron chi connectivity index (χ1n) is 3.47. The van der Waals surface area contributed by atoms with Gasteiger partial charge in [-0.1, -0.05) is 43.1 Å². The molecule has 0 saturated heterocycles. The van der Waals surface area contributed by atoms with E-state index < -0.39 is 8.07 Å². The molecule has 1 rings (SSSR count). The molecular formula is C8H14LiSi. The molecule has 1 aliphatic rings. The van der Waals surface area contributed by atoms with E-state index >= 15 is 0 Å². The summed E-state index contributed by atoms with van der Waals surface area (Å²) in [4.78, 5) is 0. The third kappa shape index (κ3) is 2.50. The molecule has 0 fully saturated rings. The molecule has 0 N–H and O–H groups in total. The van der Waals surface area contributed by atoms with Crippen molar-refractivity contribution in [3.05, 3.63) is 23.4 Å². The van der Waals surface area contributed by atoms with Crippen molar-refractivity contribution in [2.75, 3.05) is 0 Å². The summed E-state index contributed by atoms with van der Waals surface area (Å²) in [5.41, 5.74) is 0. The molecule has 0 spiro atoms. The molecule has 51 valence electrons. The van der Waals surface area contributed by atoms with Gasteiger partial charge in [-0.3, -0.25) is 0 Å². The third-order valence-corrected chi connectivity index (χ3v) is 4.03. The van der Waals surface area contributed by atoms with Gasteiger partial charge in [0, 0.05) is 18.9 Å². The van der Waals surface area contributed by atoms with Gasteiger partial charge in [0.25, 0.3) is 0 Å². The van der Waals surface area contributed by atoms with Crippen LogP contribution in [-0.4, -0.2) is 26.9 Å². The van der Waals surface area contributed by atoms with Gasteiger partial charge in [0.05, 0.1) is 8.07 Å². The summed E-state index contributed by atoms with van der Waals surface area (Å²) >= 11 is 0. The molecule has 0 nitrogen and oxygen atoms in total. The summed E-state index contributed by atoms with van der Waals surface area (Å²) in [5.74, 6) is 0. The fourth-order valence-electron chi connectivity index (χ4n) is 1.00. The first kappa shape index (κ1) is 10.3. The Morgan fingerprint density at radius 1 is 1.30 bits per heavy atom. The maximum atomic E-state index is 2.39. The van der Waals surface area contributed by atoms with Crippen molar-refractivity contribution in [2.45, 2.75) is 26.1 Å². The Labute approximate surface area is 76.6 Å². The molecule has 0 saturated carbocycles. The first-order chi connectivity index (χ1) is 4.11. The third-order valence-electron chi connectivity index (χ3n) is 1.73. The predicted octanol–water partition coefficient (Wildman–Crippen LogP) is 2.37. The predicted molar refractivity (Wildman–Crippen MR) is 50.9 cm³/mol. The minimum Gasteiger partial charge on any atom is -0.0809 e. The Balaban J connectivity index is 0.000000810. The van der Waals surface area contributed by atoms with Crippen LogP contribution in [0.3, 0.4) is 0 Å². The zero-order valence-corrected chi connectivity index (χ0v) is 8.44. The molecule has 0 aromatic heterocycles. The van der Waals surface area contributed by atoms with E-state index in [1.54, 1.807) is 5.20 Å². The quantitative estimate of drug-likeness (QED) is 0.497. The molecule has 1 radical (unpaired) electrons. The summed E-state index contributed by atoms with van der Waals surface area (Å²) in [5, 5.41) is 1.68. The Bertz CT molecular complexity index is 163. The second-order valence-electron chi connectivity index (χ2n) is 3.57. The van der Waals surface area contributed by atoms with Crippen LogP contribution in [0.4, 0.5) is 0 Å². The van der Waals surface area contributed by atoms with Gasteiger partial charge in [0.15, 0.2) is 0 Å². The molecule has 0 aliphatic heterocycles. The van der Waals surface area contributed by atoms with Gasteiger partial charge < -0.3 is 0 Å². The van der Waals surface area contributed by atoms with Crippen LogP contribution >= 0.6 is 0 Å². The van der Waals surface area contributed by atoms with Crippen LogP contribution in [0.5, 0.6) is 0 Å². The van der Waals surface area contributed by atoms with E-state index in [1.807, 2.05) is 0 Å². The van der Waals surface area contributed by atoms with Crippen molar-refractivity contribution in [3.63, 3.8) is 0 Å². The van der Waals surface area contributed by atoms with Crippen molar-refractivity contribution in [1.82, 2.24) is 0 Å². The molecule has 2 heteroatoms. The summed E-state index contributed by atoms with van der Waals surface area (Å²) in [6.07, 6.45) is 7.92. The van der Waals surface area contributed by atoms with E-state index in [-0.39, 0.29) is 18.9 Å². The summed E-state index contributed by atoms with van der Waals surface area (Å²) < 4.78 is 0. The van der Waals surface area contributed by atoms with Gasteiger partial charge >= 0.3 is 0 Å². The van der Waals surface area contributed by atoms with Crippen LogP contribution in [0.2, 0.25) is 19.6 Å². The average Bonchev–Trinajstić information content (AvgIpc) is 2.08. The molecular weight excluding hydrogens is 131 g/mol. The average molecular weight is 145 g/mol. The van der Waals surface area contributed by atoms with E-state index in [0.717, 1.165) is 0 Å². The monoisotopic (exact) mass is 145 g/mol. The second-order valence-corrected chi connectivity index (χ2v) is 8.72. The van der Waals surface area contributed by atoms with Crippen molar-refractivity contribution in [2.24, 2.45) is 0 Å². The van der Waals surface area contributed by atoms with Gasteiger partial charge in [-0.25, -0.2) is 0 Å². The Kier molecular flexibility index (Phi) is 3.72. The van der Waals surface area contributed by atoms with Gasteiger partial charge in [-0.2, -0.15) is 0 Å². The van der Waals surface area contributed by atoms with Gasteiger partial charge in [0.1, 0.15) is 0 Å². The fourth-order valence-corrected chi connectivity index (χ4v) is 2.33.